The SMILES string of the molecule is C/C=C/[C@@H]1NC(COC2CCCCCCC2)=N[C@@H]1c1ccccc1.C=C/C=C\C. The lowest BCUT2D eigenvalue weighted by Gasteiger charge is -2.20. The number of aliphatic imine (C=N–C) groups is 1. The van der Waals surface area contributed by atoms with Crippen molar-refractivity contribution in [2.75, 3.05) is 6.61 Å². The molecule has 158 valence electrons. The number of ether oxygens (including phenoxy) is 1. The average molecular weight is 395 g/mol. The van der Waals surface area contributed by atoms with E-state index in [1.807, 2.05) is 19.1 Å². The van der Waals surface area contributed by atoms with Gasteiger partial charge in [0, 0.05) is 0 Å². The maximum absolute atomic E-state index is 6.20. The molecule has 0 radical (unpaired) electrons. The molecule has 0 aromatic heterocycles. The summed E-state index contributed by atoms with van der Waals surface area (Å²) in [6.45, 7) is 8.10. The third-order valence-electron chi connectivity index (χ3n) is 5.35. The van der Waals surface area contributed by atoms with E-state index in [1.165, 1.54) is 50.5 Å². The highest BCUT2D eigenvalue weighted by atomic mass is 16.5. The molecule has 1 aromatic carbocycles. The van der Waals surface area contributed by atoms with Crippen molar-refractivity contribution in [3.8, 4) is 0 Å². The summed E-state index contributed by atoms with van der Waals surface area (Å²) in [7, 11) is 0. The van der Waals surface area contributed by atoms with Crippen LogP contribution >= 0.6 is 0 Å². The Morgan fingerprint density at radius 3 is 2.31 bits per heavy atom. The van der Waals surface area contributed by atoms with Crippen molar-refractivity contribution in [1.82, 2.24) is 5.32 Å². The van der Waals surface area contributed by atoms with Crippen molar-refractivity contribution in [3.63, 3.8) is 0 Å². The maximum Gasteiger partial charge on any atom is 0.124 e. The molecule has 2 aliphatic rings. The minimum atomic E-state index is 0.151. The standard InChI is InChI=1S/C21H30N2O.C5H8/c1-2-11-19-21(17-12-7-6-8-13-17)23-20(22-19)16-24-18-14-9-4-3-5-10-15-18;1-3-5-4-2/h2,6-8,11-13,18-19,21H,3-5,9-10,14-16H2,1H3,(H,22,23);3-5H,1H2,2H3/b11-2+;5-4-/t19-,21+;/m0./s1. The Balaban J connectivity index is 0.000000537. The molecule has 3 nitrogen and oxygen atoms in total. The monoisotopic (exact) mass is 394 g/mol. The smallest absolute Gasteiger partial charge is 0.124 e. The van der Waals surface area contributed by atoms with Crippen LogP contribution < -0.4 is 5.32 Å². The quantitative estimate of drug-likeness (QED) is 0.438. The van der Waals surface area contributed by atoms with E-state index in [2.05, 4.69) is 61.3 Å². The molecule has 0 bridgehead atoms. The zero-order chi connectivity index (χ0) is 20.7. The predicted octanol–water partition coefficient (Wildman–Crippen LogP) is 6.55. The van der Waals surface area contributed by atoms with Crippen LogP contribution in [0.15, 0.2) is 72.3 Å². The summed E-state index contributed by atoms with van der Waals surface area (Å²) < 4.78 is 6.20. The number of benzene rings is 1. The summed E-state index contributed by atoms with van der Waals surface area (Å²) in [4.78, 5) is 4.91. The van der Waals surface area contributed by atoms with Crippen LogP contribution in [0.5, 0.6) is 0 Å². The number of amidine groups is 1. The van der Waals surface area contributed by atoms with E-state index in [-0.39, 0.29) is 12.1 Å². The lowest BCUT2D eigenvalue weighted by Crippen LogP contribution is -2.33. The summed E-state index contributed by atoms with van der Waals surface area (Å²) in [6, 6.07) is 10.9. The van der Waals surface area contributed by atoms with Crippen LogP contribution in [0.4, 0.5) is 0 Å². The fourth-order valence-electron chi connectivity index (χ4n) is 3.85. The largest absolute Gasteiger partial charge is 0.370 e. The fourth-order valence-corrected chi connectivity index (χ4v) is 3.85. The number of nitrogens with zero attached hydrogens (tertiary/aromatic N) is 1. The van der Waals surface area contributed by atoms with Crippen LogP contribution in [0.25, 0.3) is 0 Å². The van der Waals surface area contributed by atoms with Crippen LogP contribution in [-0.2, 0) is 4.74 Å². The van der Waals surface area contributed by atoms with Gasteiger partial charge in [0.05, 0.1) is 12.1 Å². The van der Waals surface area contributed by atoms with E-state index in [0.717, 1.165) is 5.84 Å². The first-order chi connectivity index (χ1) is 14.3. The Morgan fingerprint density at radius 1 is 1.03 bits per heavy atom. The minimum absolute atomic E-state index is 0.151. The van der Waals surface area contributed by atoms with Crippen LogP contribution in [0.1, 0.15) is 70.4 Å². The van der Waals surface area contributed by atoms with Gasteiger partial charge in [0.25, 0.3) is 0 Å². The second-order valence-electron chi connectivity index (χ2n) is 7.67. The predicted molar refractivity (Wildman–Crippen MR) is 125 cm³/mol. The summed E-state index contributed by atoms with van der Waals surface area (Å²) >= 11 is 0. The van der Waals surface area contributed by atoms with Crippen molar-refractivity contribution in [1.29, 1.82) is 0 Å². The first-order valence-corrected chi connectivity index (χ1v) is 11.1. The molecule has 0 saturated heterocycles. The topological polar surface area (TPSA) is 33.6 Å². The molecular formula is C26H38N2O. The Hall–Kier alpha value is -2.13. The highest BCUT2D eigenvalue weighted by molar-refractivity contribution is 5.86. The van der Waals surface area contributed by atoms with Gasteiger partial charge in [-0.25, -0.2) is 0 Å². The van der Waals surface area contributed by atoms with Gasteiger partial charge in [-0.15, -0.1) is 0 Å². The van der Waals surface area contributed by atoms with Gasteiger partial charge in [0.2, 0.25) is 0 Å². The van der Waals surface area contributed by atoms with Gasteiger partial charge >= 0.3 is 0 Å². The number of hydrogen-bond donors (Lipinski definition) is 1. The minimum Gasteiger partial charge on any atom is -0.370 e. The number of rotatable bonds is 6. The van der Waals surface area contributed by atoms with Crippen molar-refractivity contribution in [2.24, 2.45) is 4.99 Å². The number of allylic oxidation sites excluding steroid dienone is 4. The van der Waals surface area contributed by atoms with E-state index >= 15 is 0 Å². The molecule has 3 heteroatoms. The molecule has 29 heavy (non-hydrogen) atoms. The summed E-state index contributed by atoms with van der Waals surface area (Å²) in [5, 5.41) is 3.55. The molecule has 1 aliphatic carbocycles. The second kappa shape index (κ2) is 13.9. The van der Waals surface area contributed by atoms with Gasteiger partial charge in [-0.1, -0.05) is 99.4 Å². The van der Waals surface area contributed by atoms with Gasteiger partial charge in [0.1, 0.15) is 18.5 Å². The highest BCUT2D eigenvalue weighted by Gasteiger charge is 2.28. The van der Waals surface area contributed by atoms with Gasteiger partial charge in [0.15, 0.2) is 0 Å². The van der Waals surface area contributed by atoms with Gasteiger partial charge in [-0.05, 0) is 32.3 Å². The summed E-state index contributed by atoms with van der Waals surface area (Å²) in [5.74, 6) is 0.994. The van der Waals surface area contributed by atoms with E-state index in [0.29, 0.717) is 12.7 Å². The van der Waals surface area contributed by atoms with Crippen LogP contribution in [0.2, 0.25) is 0 Å². The summed E-state index contributed by atoms with van der Waals surface area (Å²) in [6.07, 6.45) is 19.4. The van der Waals surface area contributed by atoms with E-state index in [9.17, 15) is 0 Å². The van der Waals surface area contributed by atoms with E-state index in [1.54, 1.807) is 6.08 Å². The molecule has 1 heterocycles. The molecule has 0 amide bonds. The molecule has 1 N–H and O–H groups in total. The molecule has 1 fully saturated rings. The first-order valence-electron chi connectivity index (χ1n) is 11.1. The lowest BCUT2D eigenvalue weighted by atomic mass is 9.99. The van der Waals surface area contributed by atoms with Gasteiger partial charge in [-0.2, -0.15) is 0 Å². The van der Waals surface area contributed by atoms with E-state index in [4.69, 9.17) is 9.73 Å². The van der Waals surface area contributed by atoms with Crippen molar-refractivity contribution >= 4 is 5.84 Å². The Morgan fingerprint density at radius 2 is 1.72 bits per heavy atom. The third-order valence-corrected chi connectivity index (χ3v) is 5.35. The van der Waals surface area contributed by atoms with Crippen molar-refractivity contribution in [2.45, 2.75) is 77.0 Å². The normalized spacial score (nSPS) is 23.0. The lowest BCUT2D eigenvalue weighted by molar-refractivity contribution is 0.0600. The Kier molecular flexibility index (Phi) is 11.1. The number of hydrogen-bond acceptors (Lipinski definition) is 3. The highest BCUT2D eigenvalue weighted by Crippen LogP contribution is 2.27. The molecule has 0 spiro atoms. The van der Waals surface area contributed by atoms with Crippen LogP contribution in [0, 0.1) is 0 Å². The molecule has 1 saturated carbocycles. The maximum atomic E-state index is 6.20. The Bertz CT molecular complexity index is 655. The van der Waals surface area contributed by atoms with Crippen LogP contribution in [0.3, 0.4) is 0 Å². The Labute approximate surface area is 177 Å². The first kappa shape index (κ1) is 23.2. The van der Waals surface area contributed by atoms with E-state index < -0.39 is 0 Å². The van der Waals surface area contributed by atoms with Gasteiger partial charge < -0.3 is 10.1 Å². The van der Waals surface area contributed by atoms with Crippen molar-refractivity contribution < 1.29 is 4.74 Å². The second-order valence-corrected chi connectivity index (χ2v) is 7.67. The van der Waals surface area contributed by atoms with Gasteiger partial charge in [-0.3, -0.25) is 4.99 Å². The zero-order valence-corrected chi connectivity index (χ0v) is 18.2. The molecule has 2 atom stereocenters. The third kappa shape index (κ3) is 8.41. The molecule has 1 aromatic rings. The van der Waals surface area contributed by atoms with Crippen molar-refractivity contribution in [3.05, 3.63) is 72.9 Å². The summed E-state index contributed by atoms with van der Waals surface area (Å²) in [5.41, 5.74) is 1.26. The molecule has 0 unspecified atom stereocenters. The average Bonchev–Trinajstić information content (AvgIpc) is 3.12. The molecular weight excluding hydrogens is 356 g/mol. The zero-order valence-electron chi connectivity index (χ0n) is 18.2. The number of nitrogens with one attached hydrogen (secondary N) is 1. The molecule has 1 aliphatic heterocycles. The molecule has 3 rings (SSSR count). The van der Waals surface area contributed by atoms with Crippen LogP contribution in [-0.4, -0.2) is 24.6 Å². The fraction of sp³-hybridized carbons (Fsp3) is 0.500.